The zero-order valence-corrected chi connectivity index (χ0v) is 11.4. The third-order valence-corrected chi connectivity index (χ3v) is 3.31. The third-order valence-electron chi connectivity index (χ3n) is 3.31. The summed E-state index contributed by atoms with van der Waals surface area (Å²) in [5.41, 5.74) is 0. The smallest absolute Gasteiger partial charge is 0.364 e. The van der Waals surface area contributed by atoms with Gasteiger partial charge in [-0.05, 0) is 0 Å². The van der Waals surface area contributed by atoms with Crippen molar-refractivity contribution in [2.45, 2.75) is 42.7 Å². The summed E-state index contributed by atoms with van der Waals surface area (Å²) in [6.07, 6.45) is -7.92. The fourth-order valence-corrected chi connectivity index (χ4v) is 2.13. The number of hydrogen-bond donors (Lipinski definition) is 8. The Balaban J connectivity index is 3.07. The summed E-state index contributed by atoms with van der Waals surface area (Å²) in [7, 11) is 0. The Morgan fingerprint density at radius 3 is 2.36 bits per heavy atom. The first-order valence-corrected chi connectivity index (χ1v) is 6.35. The Morgan fingerprint density at radius 1 is 1.32 bits per heavy atom. The summed E-state index contributed by atoms with van der Waals surface area (Å²) in [5.74, 6) is -5.64. The Hall–Kier alpha value is -1.34. The van der Waals surface area contributed by atoms with Crippen LogP contribution >= 0.6 is 0 Å². The lowest BCUT2D eigenvalue weighted by molar-refractivity contribution is -0.295. The monoisotopic (exact) mass is 325 g/mol. The molecule has 1 aliphatic heterocycles. The van der Waals surface area contributed by atoms with Crippen LogP contribution in [-0.2, 0) is 14.3 Å². The van der Waals surface area contributed by atoms with Gasteiger partial charge in [-0.3, -0.25) is 4.79 Å². The molecular formula is C11H19NO10. The molecule has 1 rings (SSSR count). The van der Waals surface area contributed by atoms with Crippen LogP contribution in [0.4, 0.5) is 0 Å². The second-order valence-corrected chi connectivity index (χ2v) is 4.94. The number of carboxylic acid groups (broad SMARTS) is 1. The van der Waals surface area contributed by atoms with Crippen molar-refractivity contribution in [1.82, 2.24) is 5.32 Å². The molecule has 0 unspecified atom stereocenters. The Labute approximate surface area is 124 Å². The number of aliphatic hydroxyl groups excluding tert-OH is 5. The molecule has 1 amide bonds. The van der Waals surface area contributed by atoms with Gasteiger partial charge in [-0.15, -0.1) is 0 Å². The molecule has 6 atom stereocenters. The highest BCUT2D eigenvalue weighted by Crippen LogP contribution is 2.30. The first kappa shape index (κ1) is 18.7. The average Bonchev–Trinajstić information content (AvgIpc) is 2.47. The molecule has 11 nitrogen and oxygen atoms in total. The van der Waals surface area contributed by atoms with Crippen molar-refractivity contribution < 1.29 is 50.1 Å². The molecule has 0 aromatic carbocycles. The summed E-state index contributed by atoms with van der Waals surface area (Å²) in [4.78, 5) is 22.2. The summed E-state index contributed by atoms with van der Waals surface area (Å²) in [6.45, 7) is -1.86. The van der Waals surface area contributed by atoms with Crippen LogP contribution in [-0.4, -0.2) is 97.1 Å². The van der Waals surface area contributed by atoms with Crippen LogP contribution in [0.15, 0.2) is 0 Å². The number of hydrogen-bond acceptors (Lipinski definition) is 9. The van der Waals surface area contributed by atoms with Crippen molar-refractivity contribution >= 4 is 11.9 Å². The summed E-state index contributed by atoms with van der Waals surface area (Å²) < 4.78 is 4.83. The van der Waals surface area contributed by atoms with E-state index in [0.29, 0.717) is 0 Å². The van der Waals surface area contributed by atoms with Crippen LogP contribution < -0.4 is 5.32 Å². The highest BCUT2D eigenvalue weighted by Gasteiger charge is 2.53. The Kier molecular flexibility index (Phi) is 6.19. The fourth-order valence-electron chi connectivity index (χ4n) is 2.13. The minimum absolute atomic E-state index is 0.822. The number of ether oxygens (including phenoxy) is 1. The van der Waals surface area contributed by atoms with Gasteiger partial charge >= 0.3 is 5.97 Å². The largest absolute Gasteiger partial charge is 0.477 e. The van der Waals surface area contributed by atoms with Crippen LogP contribution in [0.25, 0.3) is 0 Å². The zero-order chi connectivity index (χ0) is 17.1. The molecule has 1 heterocycles. The molecule has 8 N–H and O–H groups in total. The van der Waals surface area contributed by atoms with Gasteiger partial charge in [-0.25, -0.2) is 4.79 Å². The first-order valence-electron chi connectivity index (χ1n) is 6.35. The lowest BCUT2D eigenvalue weighted by Crippen LogP contribution is -2.67. The number of amides is 1. The highest BCUT2D eigenvalue weighted by atomic mass is 16.7. The molecule has 0 aromatic heterocycles. The lowest BCUT2D eigenvalue weighted by atomic mass is 9.88. The molecule has 0 saturated carbocycles. The number of carbonyl (C=O) groups is 2. The minimum atomic E-state index is -2.85. The van der Waals surface area contributed by atoms with Crippen molar-refractivity contribution in [3.63, 3.8) is 0 Å². The molecule has 0 bridgehead atoms. The number of nitrogens with one attached hydrogen (secondary N) is 1. The Morgan fingerprint density at radius 2 is 1.91 bits per heavy atom. The van der Waals surface area contributed by atoms with E-state index in [2.05, 4.69) is 5.32 Å². The Bertz CT molecular complexity index is 418. The number of carboxylic acids is 1. The van der Waals surface area contributed by atoms with E-state index in [1.54, 1.807) is 0 Å². The van der Waals surface area contributed by atoms with Crippen molar-refractivity contribution in [3.8, 4) is 0 Å². The maximum atomic E-state index is 11.2. The van der Waals surface area contributed by atoms with E-state index in [1.165, 1.54) is 0 Å². The topological polar surface area (TPSA) is 197 Å². The van der Waals surface area contributed by atoms with Gasteiger partial charge in [0.1, 0.15) is 24.9 Å². The molecule has 1 saturated heterocycles. The normalized spacial score (nSPS) is 34.7. The SMILES string of the molecule is O=C(CO)N[C@H]1[C@H]([C@@H](O)[C@@H](O)CO)O[C@](O)(C(=O)O)C[C@@H]1O. The van der Waals surface area contributed by atoms with Gasteiger partial charge in [-0.2, -0.15) is 0 Å². The van der Waals surface area contributed by atoms with Crippen LogP contribution in [0.1, 0.15) is 6.42 Å². The van der Waals surface area contributed by atoms with Crippen molar-refractivity contribution in [3.05, 3.63) is 0 Å². The second-order valence-electron chi connectivity index (χ2n) is 4.94. The number of aliphatic hydroxyl groups is 6. The summed E-state index contributed by atoms with van der Waals surface area (Å²) in [6, 6.07) is -1.42. The maximum Gasteiger partial charge on any atom is 0.364 e. The van der Waals surface area contributed by atoms with Crippen LogP contribution in [0.2, 0.25) is 0 Å². The van der Waals surface area contributed by atoms with Gasteiger partial charge in [0.15, 0.2) is 0 Å². The van der Waals surface area contributed by atoms with Crippen LogP contribution in [0.3, 0.4) is 0 Å². The number of rotatable bonds is 6. The van der Waals surface area contributed by atoms with E-state index in [4.69, 9.17) is 20.1 Å². The predicted molar refractivity (Wildman–Crippen MR) is 66.2 cm³/mol. The van der Waals surface area contributed by atoms with Gasteiger partial charge < -0.3 is 45.8 Å². The van der Waals surface area contributed by atoms with Gasteiger partial charge in [0, 0.05) is 6.42 Å². The predicted octanol–water partition coefficient (Wildman–Crippen LogP) is -4.90. The van der Waals surface area contributed by atoms with Crippen LogP contribution in [0.5, 0.6) is 0 Å². The van der Waals surface area contributed by atoms with Gasteiger partial charge in [-0.1, -0.05) is 0 Å². The first-order chi connectivity index (χ1) is 10.2. The number of carbonyl (C=O) groups excluding carboxylic acids is 1. The van der Waals surface area contributed by atoms with Crippen molar-refractivity contribution in [1.29, 1.82) is 0 Å². The van der Waals surface area contributed by atoms with Crippen LogP contribution in [0, 0.1) is 0 Å². The molecule has 22 heavy (non-hydrogen) atoms. The third kappa shape index (κ3) is 3.89. The standard InChI is InChI=1S/C11H19NO10/c13-2-5(16)8(18)9-7(12-6(17)3-14)4(15)1-11(21,22-9)10(19)20/h4-5,7-9,13-16,18,21H,1-3H2,(H,12,17)(H,19,20)/t4-,5-,7+,8-,9+,11-/m0/s1. The fraction of sp³-hybridized carbons (Fsp3) is 0.818. The highest BCUT2D eigenvalue weighted by molar-refractivity contribution is 5.78. The van der Waals surface area contributed by atoms with E-state index in [0.717, 1.165) is 0 Å². The summed E-state index contributed by atoms with van der Waals surface area (Å²) in [5, 5.41) is 67.5. The minimum Gasteiger partial charge on any atom is -0.477 e. The molecule has 0 radical (unpaired) electrons. The van der Waals surface area contributed by atoms with E-state index >= 15 is 0 Å². The lowest BCUT2D eigenvalue weighted by Gasteiger charge is -2.44. The van der Waals surface area contributed by atoms with Crippen molar-refractivity contribution in [2.24, 2.45) is 0 Å². The summed E-state index contributed by atoms with van der Waals surface area (Å²) >= 11 is 0. The van der Waals surface area contributed by atoms with E-state index < -0.39 is 67.8 Å². The maximum absolute atomic E-state index is 11.2. The average molecular weight is 325 g/mol. The second kappa shape index (κ2) is 7.28. The molecule has 11 heteroatoms. The van der Waals surface area contributed by atoms with Gasteiger partial charge in [0.2, 0.25) is 5.91 Å². The van der Waals surface area contributed by atoms with E-state index in [-0.39, 0.29) is 0 Å². The zero-order valence-electron chi connectivity index (χ0n) is 11.4. The van der Waals surface area contributed by atoms with E-state index in [1.807, 2.05) is 0 Å². The van der Waals surface area contributed by atoms with E-state index in [9.17, 15) is 30.0 Å². The van der Waals surface area contributed by atoms with Crippen molar-refractivity contribution in [2.75, 3.05) is 13.2 Å². The molecule has 0 spiro atoms. The van der Waals surface area contributed by atoms with Gasteiger partial charge in [0.05, 0.1) is 18.8 Å². The molecular weight excluding hydrogens is 306 g/mol. The molecule has 128 valence electrons. The quantitative estimate of drug-likeness (QED) is 0.234. The molecule has 0 aromatic rings. The molecule has 1 fully saturated rings. The molecule has 0 aliphatic carbocycles. The number of aliphatic carboxylic acids is 1. The molecule has 1 aliphatic rings. The van der Waals surface area contributed by atoms with Gasteiger partial charge in [0.25, 0.3) is 5.79 Å².